The van der Waals surface area contributed by atoms with Crippen LogP contribution in [0.1, 0.15) is 24.0 Å². The molecule has 0 aliphatic carbocycles. The van der Waals surface area contributed by atoms with Crippen molar-refractivity contribution < 1.29 is 4.79 Å². The maximum absolute atomic E-state index is 11.3. The number of amides is 1. The highest BCUT2D eigenvalue weighted by Gasteiger charge is 2.03. The molecular weight excluding hydrogens is 186 g/mol. The van der Waals surface area contributed by atoms with E-state index in [0.717, 1.165) is 12.8 Å². The van der Waals surface area contributed by atoms with Gasteiger partial charge in [-0.15, -0.1) is 0 Å². The average Bonchev–Trinajstić information content (AvgIpc) is 2.20. The fraction of sp³-hybridized carbons (Fsp3) is 0.462. The van der Waals surface area contributed by atoms with Crippen molar-refractivity contribution in [3.63, 3.8) is 0 Å². The molecule has 0 fully saturated rings. The normalized spacial score (nSPS) is 10.1. The van der Waals surface area contributed by atoms with Gasteiger partial charge >= 0.3 is 0 Å². The van der Waals surface area contributed by atoms with Gasteiger partial charge in [-0.2, -0.15) is 0 Å². The number of aryl methyl sites for hydroxylation is 2. The van der Waals surface area contributed by atoms with Crippen LogP contribution in [0.3, 0.4) is 0 Å². The largest absolute Gasteiger partial charge is 0.349 e. The van der Waals surface area contributed by atoms with E-state index >= 15 is 0 Å². The van der Waals surface area contributed by atoms with Gasteiger partial charge in [-0.05, 0) is 25.3 Å². The number of rotatable bonds is 4. The fourth-order valence-corrected chi connectivity index (χ4v) is 1.42. The molecule has 2 nitrogen and oxygen atoms in total. The molecule has 0 saturated carbocycles. The van der Waals surface area contributed by atoms with Crippen molar-refractivity contribution in [1.29, 1.82) is 0 Å². The predicted molar refractivity (Wildman–Crippen MR) is 62.8 cm³/mol. The van der Waals surface area contributed by atoms with Crippen LogP contribution in [0.4, 0.5) is 0 Å². The Kier molecular flexibility index (Phi) is 4.35. The fourth-order valence-electron chi connectivity index (χ4n) is 1.42. The molecule has 2 heteroatoms. The first-order valence-electron chi connectivity index (χ1n) is 5.35. The predicted octanol–water partition coefficient (Wildman–Crippen LogP) is 2.41. The van der Waals surface area contributed by atoms with Crippen LogP contribution in [0.15, 0.2) is 24.3 Å². The Morgan fingerprint density at radius 1 is 1.20 bits per heavy atom. The van der Waals surface area contributed by atoms with Crippen molar-refractivity contribution in [3.8, 4) is 0 Å². The molecule has 1 aromatic rings. The van der Waals surface area contributed by atoms with Gasteiger partial charge in [0.2, 0.25) is 5.91 Å². The lowest BCUT2D eigenvalue weighted by atomic mass is 10.1. The smallest absolute Gasteiger partial charge is 0.222 e. The van der Waals surface area contributed by atoms with Crippen LogP contribution in [0.25, 0.3) is 0 Å². The maximum Gasteiger partial charge on any atom is 0.222 e. The summed E-state index contributed by atoms with van der Waals surface area (Å²) in [4.78, 5) is 13.0. The van der Waals surface area contributed by atoms with E-state index in [4.69, 9.17) is 0 Å². The van der Waals surface area contributed by atoms with Gasteiger partial charge in [-0.1, -0.05) is 29.8 Å². The Labute approximate surface area is 91.9 Å². The van der Waals surface area contributed by atoms with E-state index in [0.29, 0.717) is 6.42 Å². The molecule has 0 N–H and O–H groups in total. The van der Waals surface area contributed by atoms with E-state index in [1.165, 1.54) is 11.1 Å². The molecule has 0 heterocycles. The summed E-state index contributed by atoms with van der Waals surface area (Å²) < 4.78 is 0. The lowest BCUT2D eigenvalue weighted by molar-refractivity contribution is -0.128. The zero-order valence-corrected chi connectivity index (χ0v) is 9.79. The van der Waals surface area contributed by atoms with Crippen molar-refractivity contribution >= 4 is 5.91 Å². The summed E-state index contributed by atoms with van der Waals surface area (Å²) in [7, 11) is 3.60. The molecular formula is C13H19NO. The molecule has 0 saturated heterocycles. The Morgan fingerprint density at radius 3 is 2.33 bits per heavy atom. The SMILES string of the molecule is Cc1ccc(CCCC(=O)N(C)C)cc1. The summed E-state index contributed by atoms with van der Waals surface area (Å²) >= 11 is 0. The van der Waals surface area contributed by atoms with Gasteiger partial charge in [-0.25, -0.2) is 0 Å². The first-order chi connectivity index (χ1) is 7.09. The molecule has 0 aliphatic rings. The van der Waals surface area contributed by atoms with E-state index in [9.17, 15) is 4.79 Å². The van der Waals surface area contributed by atoms with Gasteiger partial charge in [0.25, 0.3) is 0 Å². The van der Waals surface area contributed by atoms with Crippen LogP contribution in [0.2, 0.25) is 0 Å². The van der Waals surface area contributed by atoms with Gasteiger partial charge in [0.05, 0.1) is 0 Å². The van der Waals surface area contributed by atoms with Crippen molar-refractivity contribution in [2.75, 3.05) is 14.1 Å². The molecule has 0 aromatic heterocycles. The van der Waals surface area contributed by atoms with Gasteiger partial charge < -0.3 is 4.90 Å². The number of benzene rings is 1. The third-order valence-electron chi connectivity index (χ3n) is 2.48. The minimum atomic E-state index is 0.210. The molecule has 0 spiro atoms. The Bertz CT molecular complexity index is 314. The van der Waals surface area contributed by atoms with Crippen molar-refractivity contribution in [3.05, 3.63) is 35.4 Å². The lowest BCUT2D eigenvalue weighted by Gasteiger charge is -2.09. The topological polar surface area (TPSA) is 20.3 Å². The zero-order chi connectivity index (χ0) is 11.3. The summed E-state index contributed by atoms with van der Waals surface area (Å²) in [5, 5.41) is 0. The van der Waals surface area contributed by atoms with Crippen molar-refractivity contribution in [1.82, 2.24) is 4.90 Å². The number of carbonyl (C=O) groups excluding carboxylic acids is 1. The maximum atomic E-state index is 11.3. The highest BCUT2D eigenvalue weighted by molar-refractivity contribution is 5.75. The molecule has 0 bridgehead atoms. The van der Waals surface area contributed by atoms with Crippen LogP contribution in [-0.4, -0.2) is 24.9 Å². The van der Waals surface area contributed by atoms with Crippen LogP contribution in [0.5, 0.6) is 0 Å². The molecule has 0 atom stereocenters. The van der Waals surface area contributed by atoms with Gasteiger partial charge in [-0.3, -0.25) is 4.79 Å². The van der Waals surface area contributed by atoms with E-state index in [1.807, 2.05) is 0 Å². The summed E-state index contributed by atoms with van der Waals surface area (Å²) in [6, 6.07) is 8.50. The third-order valence-corrected chi connectivity index (χ3v) is 2.48. The molecule has 0 unspecified atom stereocenters. The second kappa shape index (κ2) is 5.54. The van der Waals surface area contributed by atoms with Crippen molar-refractivity contribution in [2.45, 2.75) is 26.2 Å². The second-order valence-electron chi connectivity index (χ2n) is 4.13. The van der Waals surface area contributed by atoms with Gasteiger partial charge in [0.1, 0.15) is 0 Å². The molecule has 82 valence electrons. The first kappa shape index (κ1) is 11.8. The minimum Gasteiger partial charge on any atom is -0.349 e. The van der Waals surface area contributed by atoms with E-state index in [1.54, 1.807) is 19.0 Å². The molecule has 0 radical (unpaired) electrons. The third kappa shape index (κ3) is 4.15. The number of hydrogen-bond donors (Lipinski definition) is 0. The number of nitrogens with zero attached hydrogens (tertiary/aromatic N) is 1. The Morgan fingerprint density at radius 2 is 1.80 bits per heavy atom. The molecule has 1 amide bonds. The lowest BCUT2D eigenvalue weighted by Crippen LogP contribution is -2.21. The quantitative estimate of drug-likeness (QED) is 0.739. The van der Waals surface area contributed by atoms with E-state index in [2.05, 4.69) is 31.2 Å². The van der Waals surface area contributed by atoms with Crippen molar-refractivity contribution in [2.24, 2.45) is 0 Å². The first-order valence-corrected chi connectivity index (χ1v) is 5.35. The summed E-state index contributed by atoms with van der Waals surface area (Å²) in [6.07, 6.45) is 2.56. The number of carbonyl (C=O) groups is 1. The molecule has 1 rings (SSSR count). The Hall–Kier alpha value is -1.31. The van der Waals surface area contributed by atoms with E-state index in [-0.39, 0.29) is 5.91 Å². The molecule has 15 heavy (non-hydrogen) atoms. The summed E-state index contributed by atoms with van der Waals surface area (Å²) in [5.41, 5.74) is 2.59. The van der Waals surface area contributed by atoms with Crippen LogP contribution < -0.4 is 0 Å². The summed E-state index contributed by atoms with van der Waals surface area (Å²) in [5.74, 6) is 0.210. The minimum absolute atomic E-state index is 0.210. The highest BCUT2D eigenvalue weighted by Crippen LogP contribution is 2.07. The zero-order valence-electron chi connectivity index (χ0n) is 9.79. The van der Waals surface area contributed by atoms with Crippen LogP contribution >= 0.6 is 0 Å². The standard InChI is InChI=1S/C13H19NO/c1-11-7-9-12(10-8-11)5-4-6-13(15)14(2)3/h7-10H,4-6H2,1-3H3. The Balaban J connectivity index is 2.32. The average molecular weight is 205 g/mol. The molecule has 1 aromatic carbocycles. The second-order valence-corrected chi connectivity index (χ2v) is 4.13. The van der Waals surface area contributed by atoms with E-state index < -0.39 is 0 Å². The summed E-state index contributed by atoms with van der Waals surface area (Å²) in [6.45, 7) is 2.08. The molecule has 0 aliphatic heterocycles. The van der Waals surface area contributed by atoms with Gasteiger partial charge in [0.15, 0.2) is 0 Å². The van der Waals surface area contributed by atoms with Gasteiger partial charge in [0, 0.05) is 20.5 Å². The van der Waals surface area contributed by atoms with Crippen LogP contribution in [0, 0.1) is 6.92 Å². The number of hydrogen-bond acceptors (Lipinski definition) is 1. The highest BCUT2D eigenvalue weighted by atomic mass is 16.2. The van der Waals surface area contributed by atoms with Crippen LogP contribution in [-0.2, 0) is 11.2 Å². The monoisotopic (exact) mass is 205 g/mol.